The summed E-state index contributed by atoms with van der Waals surface area (Å²) in [5.74, 6) is 0. The summed E-state index contributed by atoms with van der Waals surface area (Å²) >= 11 is 0. The topological polar surface area (TPSA) is 25.8 Å². The van der Waals surface area contributed by atoms with E-state index in [4.69, 9.17) is 4.98 Å². The number of benzene rings is 3. The van der Waals surface area contributed by atoms with E-state index < -0.39 is 0 Å². The third kappa shape index (κ3) is 3.90. The van der Waals surface area contributed by atoms with E-state index in [1.165, 1.54) is 0 Å². The zero-order chi connectivity index (χ0) is 18.8. The molecule has 0 saturated carbocycles. The summed E-state index contributed by atoms with van der Waals surface area (Å²) in [4.78, 5) is 9.32. The molecule has 29 heavy (non-hydrogen) atoms. The van der Waals surface area contributed by atoms with Gasteiger partial charge in [-0.2, -0.15) is 0 Å². The van der Waals surface area contributed by atoms with Crippen LogP contribution >= 0.6 is 0 Å². The van der Waals surface area contributed by atoms with E-state index in [1.807, 2.05) is 48.5 Å². The van der Waals surface area contributed by atoms with Gasteiger partial charge in [0.05, 0.1) is 0 Å². The first-order chi connectivity index (χ1) is 13.9. The van der Waals surface area contributed by atoms with Crippen LogP contribution < -0.4 is 0 Å². The zero-order valence-electron chi connectivity index (χ0n) is 15.4. The van der Waals surface area contributed by atoms with Crippen LogP contribution in [0.15, 0.2) is 91.1 Å². The standard InChI is InChI=1S/C26H16N2.Pt/c1-2-12-23-19(7-1)8-6-13-24(23)25-17-15-21-10-5-9-20(26(21)28-25)14-16-22-11-3-4-18-27-22;/h1-11,13,15-18H;/q-2;+2. The van der Waals surface area contributed by atoms with Crippen LogP contribution in [0.3, 0.4) is 0 Å². The maximum atomic E-state index is 4.98. The molecule has 0 N–H and O–H groups in total. The Morgan fingerprint density at radius 2 is 1.66 bits per heavy atom. The molecule has 0 aliphatic heterocycles. The molecule has 0 spiro atoms. The summed E-state index contributed by atoms with van der Waals surface area (Å²) in [6.07, 6.45) is 7.04. The molecule has 0 amide bonds. The monoisotopic (exact) mass is 551 g/mol. The molecule has 140 valence electrons. The van der Waals surface area contributed by atoms with Crippen molar-refractivity contribution in [3.05, 3.63) is 115 Å². The van der Waals surface area contributed by atoms with E-state index in [2.05, 4.69) is 59.6 Å². The molecule has 0 unspecified atom stereocenters. The molecule has 5 aromatic rings. The number of hydrogen-bond acceptors (Lipinski definition) is 2. The number of fused-ring (bicyclic) bond motifs is 2. The van der Waals surface area contributed by atoms with Gasteiger partial charge in [-0.3, -0.25) is 0 Å². The average molecular weight is 552 g/mol. The Morgan fingerprint density at radius 3 is 2.55 bits per heavy atom. The molecule has 0 bridgehead atoms. The first-order valence-corrected chi connectivity index (χ1v) is 9.19. The second-order valence-electron chi connectivity index (χ2n) is 6.56. The van der Waals surface area contributed by atoms with Crippen molar-refractivity contribution in [3.8, 4) is 11.3 Å². The Labute approximate surface area is 184 Å². The molecule has 3 heteroatoms. The normalized spacial score (nSPS) is 11.0. The second kappa shape index (κ2) is 8.51. The van der Waals surface area contributed by atoms with Crippen LogP contribution in [0.25, 0.3) is 39.0 Å². The predicted molar refractivity (Wildman–Crippen MR) is 115 cm³/mol. The fourth-order valence-corrected chi connectivity index (χ4v) is 3.39. The Morgan fingerprint density at radius 1 is 0.793 bits per heavy atom. The van der Waals surface area contributed by atoms with Crippen LogP contribution in [0.5, 0.6) is 0 Å². The Bertz CT molecular complexity index is 1310. The van der Waals surface area contributed by atoms with E-state index in [-0.39, 0.29) is 21.1 Å². The van der Waals surface area contributed by atoms with Crippen molar-refractivity contribution in [1.29, 1.82) is 0 Å². The van der Waals surface area contributed by atoms with Gasteiger partial charge in [0.25, 0.3) is 0 Å². The summed E-state index contributed by atoms with van der Waals surface area (Å²) in [6.45, 7) is 0. The molecule has 2 aromatic heterocycles. The molecule has 2 heterocycles. The summed E-state index contributed by atoms with van der Waals surface area (Å²) in [5.41, 5.74) is 4.78. The third-order valence-corrected chi connectivity index (χ3v) is 4.76. The van der Waals surface area contributed by atoms with Gasteiger partial charge in [-0.15, -0.1) is 64.9 Å². The summed E-state index contributed by atoms with van der Waals surface area (Å²) in [6, 6.07) is 31.9. The molecule has 3 aromatic carbocycles. The van der Waals surface area contributed by atoms with Crippen molar-refractivity contribution in [2.24, 2.45) is 0 Å². The second-order valence-corrected chi connectivity index (χ2v) is 6.56. The Balaban J connectivity index is 0.00000205. The molecule has 2 nitrogen and oxygen atoms in total. The largest absolute Gasteiger partial charge is 2.00 e. The smallest absolute Gasteiger partial charge is 0.306 e. The Kier molecular flexibility index (Phi) is 5.64. The quantitative estimate of drug-likeness (QED) is 0.253. The van der Waals surface area contributed by atoms with Crippen LogP contribution in [0.2, 0.25) is 0 Å². The van der Waals surface area contributed by atoms with Crippen LogP contribution in [-0.2, 0) is 21.1 Å². The maximum Gasteiger partial charge on any atom is 2.00 e. The first kappa shape index (κ1) is 19.2. The molecule has 0 aliphatic carbocycles. The molecule has 0 saturated heterocycles. The summed E-state index contributed by atoms with van der Waals surface area (Å²) < 4.78 is 0. The predicted octanol–water partition coefficient (Wildman–Crippen LogP) is 6.11. The molecular formula is C26H16N2Pt. The van der Waals surface area contributed by atoms with Gasteiger partial charge in [0.15, 0.2) is 0 Å². The van der Waals surface area contributed by atoms with Gasteiger partial charge in [0.2, 0.25) is 0 Å². The van der Waals surface area contributed by atoms with Crippen LogP contribution in [0.4, 0.5) is 0 Å². The minimum Gasteiger partial charge on any atom is -0.306 e. The van der Waals surface area contributed by atoms with Gasteiger partial charge in [0.1, 0.15) is 0 Å². The fourth-order valence-electron chi connectivity index (χ4n) is 3.39. The number of rotatable bonds is 3. The van der Waals surface area contributed by atoms with E-state index in [0.717, 1.165) is 44.2 Å². The zero-order valence-corrected chi connectivity index (χ0v) is 17.7. The molecular weight excluding hydrogens is 535 g/mol. The summed E-state index contributed by atoms with van der Waals surface area (Å²) in [5, 5.41) is 3.34. The Hall–Kier alpha value is -3.09. The van der Waals surface area contributed by atoms with Crippen molar-refractivity contribution >= 4 is 27.8 Å². The maximum absolute atomic E-state index is 4.98. The summed E-state index contributed by atoms with van der Waals surface area (Å²) in [7, 11) is 0. The van der Waals surface area contributed by atoms with Gasteiger partial charge < -0.3 is 9.97 Å². The van der Waals surface area contributed by atoms with Gasteiger partial charge in [0, 0.05) is 11.9 Å². The van der Waals surface area contributed by atoms with E-state index in [9.17, 15) is 0 Å². The fraction of sp³-hybridized carbons (Fsp3) is 0. The number of pyridine rings is 2. The van der Waals surface area contributed by atoms with Crippen molar-refractivity contribution in [3.63, 3.8) is 0 Å². The molecule has 5 rings (SSSR count). The molecule has 0 atom stereocenters. The first-order valence-electron chi connectivity index (χ1n) is 9.19. The third-order valence-electron chi connectivity index (χ3n) is 4.76. The minimum absolute atomic E-state index is 0. The van der Waals surface area contributed by atoms with Gasteiger partial charge in [-0.25, -0.2) is 0 Å². The molecule has 0 fully saturated rings. The molecule has 0 aliphatic rings. The molecule has 0 radical (unpaired) electrons. The van der Waals surface area contributed by atoms with Crippen LogP contribution in [0.1, 0.15) is 11.3 Å². The van der Waals surface area contributed by atoms with Crippen LogP contribution in [0, 0.1) is 12.1 Å². The van der Waals surface area contributed by atoms with Crippen molar-refractivity contribution in [1.82, 2.24) is 9.97 Å². The van der Waals surface area contributed by atoms with Gasteiger partial charge in [-0.1, -0.05) is 48.0 Å². The van der Waals surface area contributed by atoms with E-state index >= 15 is 0 Å². The van der Waals surface area contributed by atoms with Crippen molar-refractivity contribution in [2.75, 3.05) is 0 Å². The van der Waals surface area contributed by atoms with Gasteiger partial charge in [-0.05, 0) is 28.7 Å². The van der Waals surface area contributed by atoms with E-state index in [1.54, 1.807) is 6.20 Å². The number of nitrogens with zero attached hydrogens (tertiary/aromatic N) is 2. The van der Waals surface area contributed by atoms with Gasteiger partial charge >= 0.3 is 21.1 Å². The minimum atomic E-state index is 0. The van der Waals surface area contributed by atoms with Crippen molar-refractivity contribution < 1.29 is 21.1 Å². The number of hydrogen-bond donors (Lipinski definition) is 0. The van der Waals surface area contributed by atoms with E-state index in [0.29, 0.717) is 0 Å². The van der Waals surface area contributed by atoms with Crippen molar-refractivity contribution in [2.45, 2.75) is 0 Å². The number of aromatic nitrogens is 2. The van der Waals surface area contributed by atoms with Crippen LogP contribution in [-0.4, -0.2) is 9.97 Å². The SMILES string of the molecule is [C-](=Cc1ccccn1)c1cccc2ccc(-c3cccc4ccc[c-]c34)nc12.[Pt+2]. The average Bonchev–Trinajstić information content (AvgIpc) is 2.77. The number of para-hydroxylation sites is 1.